The third kappa shape index (κ3) is 4.75. The van der Waals surface area contributed by atoms with Crippen LogP contribution in [0.25, 0.3) is 0 Å². The Hall–Kier alpha value is -2.64. The average molecular weight is 294 g/mol. The number of nitrogens with one attached hydrogen (secondary N) is 2. The zero-order valence-electron chi connectivity index (χ0n) is 11.9. The summed E-state index contributed by atoms with van der Waals surface area (Å²) in [5.74, 6) is -0.731. The molecule has 0 bridgehead atoms. The number of hydrogen-bond acceptors (Lipinski definition) is 5. The molecule has 0 saturated carbocycles. The molecule has 8 nitrogen and oxygen atoms in total. The second-order valence-electron chi connectivity index (χ2n) is 4.72. The fourth-order valence-electron chi connectivity index (χ4n) is 1.69. The van der Waals surface area contributed by atoms with E-state index in [0.717, 1.165) is 0 Å². The maximum Gasteiger partial charge on any atom is 0.292 e. The summed E-state index contributed by atoms with van der Waals surface area (Å²) in [6.45, 7) is 3.79. The maximum atomic E-state index is 11.9. The van der Waals surface area contributed by atoms with Gasteiger partial charge in [0, 0.05) is 25.1 Å². The Bertz CT molecular complexity index is 557. The van der Waals surface area contributed by atoms with Crippen LogP contribution >= 0.6 is 0 Å². The summed E-state index contributed by atoms with van der Waals surface area (Å²) in [4.78, 5) is 33.4. The van der Waals surface area contributed by atoms with Crippen molar-refractivity contribution < 1.29 is 14.5 Å². The first-order valence-electron chi connectivity index (χ1n) is 6.43. The maximum absolute atomic E-state index is 11.9. The van der Waals surface area contributed by atoms with Gasteiger partial charge in [-0.1, -0.05) is 6.07 Å². The van der Waals surface area contributed by atoms with E-state index in [2.05, 4.69) is 10.6 Å². The summed E-state index contributed by atoms with van der Waals surface area (Å²) in [5.41, 5.74) is 5.11. The van der Waals surface area contributed by atoms with Crippen LogP contribution in [0, 0.1) is 10.1 Å². The van der Waals surface area contributed by atoms with E-state index in [1.807, 2.05) is 13.8 Å². The lowest BCUT2D eigenvalue weighted by Gasteiger charge is -2.09. The molecule has 0 heterocycles. The molecule has 0 aromatic heterocycles. The number of nitrogens with two attached hydrogens (primary N) is 1. The van der Waals surface area contributed by atoms with E-state index >= 15 is 0 Å². The number of nitrogen functional groups attached to an aromatic ring is 1. The first-order valence-corrected chi connectivity index (χ1v) is 6.43. The van der Waals surface area contributed by atoms with E-state index < -0.39 is 10.8 Å². The highest BCUT2D eigenvalue weighted by molar-refractivity contribution is 6.01. The molecule has 2 amide bonds. The van der Waals surface area contributed by atoms with Gasteiger partial charge in [0.15, 0.2) is 0 Å². The van der Waals surface area contributed by atoms with Crippen molar-refractivity contribution in [1.29, 1.82) is 0 Å². The molecule has 0 aliphatic heterocycles. The summed E-state index contributed by atoms with van der Waals surface area (Å²) < 4.78 is 0. The first-order chi connectivity index (χ1) is 9.82. The third-order valence-electron chi connectivity index (χ3n) is 2.61. The van der Waals surface area contributed by atoms with Crippen LogP contribution in [-0.4, -0.2) is 29.3 Å². The summed E-state index contributed by atoms with van der Waals surface area (Å²) in [6.07, 6.45) is 0.124. The number of rotatable bonds is 6. The minimum Gasteiger partial charge on any atom is -0.393 e. The molecule has 114 valence electrons. The molecule has 0 aliphatic rings. The minimum absolute atomic E-state index is 0.0217. The van der Waals surface area contributed by atoms with Gasteiger partial charge in [-0.25, -0.2) is 0 Å². The number of amides is 2. The number of nitro groups is 1. The number of para-hydroxylation sites is 1. The Kier molecular flexibility index (Phi) is 5.65. The van der Waals surface area contributed by atoms with E-state index in [9.17, 15) is 19.7 Å². The van der Waals surface area contributed by atoms with Crippen LogP contribution in [0.2, 0.25) is 0 Å². The Morgan fingerprint density at radius 2 is 2.05 bits per heavy atom. The summed E-state index contributed by atoms with van der Waals surface area (Å²) in [6, 6.07) is 4.03. The Morgan fingerprint density at radius 1 is 1.38 bits per heavy atom. The SMILES string of the molecule is CC(C)NC(=O)CCNC(=O)c1cccc([N+](=O)[O-])c1N. The predicted molar refractivity (Wildman–Crippen MR) is 77.7 cm³/mol. The molecule has 0 unspecified atom stereocenters. The molecule has 0 radical (unpaired) electrons. The number of hydrogen-bond donors (Lipinski definition) is 3. The van der Waals surface area contributed by atoms with Crippen molar-refractivity contribution in [3.63, 3.8) is 0 Å². The second kappa shape index (κ2) is 7.22. The first kappa shape index (κ1) is 16.4. The smallest absolute Gasteiger partial charge is 0.292 e. The zero-order valence-corrected chi connectivity index (χ0v) is 11.9. The Morgan fingerprint density at radius 3 is 2.62 bits per heavy atom. The van der Waals surface area contributed by atoms with Gasteiger partial charge in [0.05, 0.1) is 10.5 Å². The molecule has 21 heavy (non-hydrogen) atoms. The summed E-state index contributed by atoms with van der Waals surface area (Å²) in [7, 11) is 0. The van der Waals surface area contributed by atoms with E-state index in [0.29, 0.717) is 0 Å². The van der Waals surface area contributed by atoms with E-state index in [1.165, 1.54) is 18.2 Å². The molecular formula is C13H18N4O4. The average Bonchev–Trinajstić information content (AvgIpc) is 2.37. The highest BCUT2D eigenvalue weighted by Crippen LogP contribution is 2.24. The lowest BCUT2D eigenvalue weighted by atomic mass is 10.1. The Labute approximate surface area is 121 Å². The number of carbonyl (C=O) groups is 2. The molecular weight excluding hydrogens is 276 g/mol. The van der Waals surface area contributed by atoms with Crippen LogP contribution in [0.5, 0.6) is 0 Å². The van der Waals surface area contributed by atoms with Gasteiger partial charge < -0.3 is 16.4 Å². The van der Waals surface area contributed by atoms with Crippen molar-refractivity contribution in [3.8, 4) is 0 Å². The fourth-order valence-corrected chi connectivity index (χ4v) is 1.69. The normalized spacial score (nSPS) is 10.2. The van der Waals surface area contributed by atoms with Crippen molar-refractivity contribution in [2.75, 3.05) is 12.3 Å². The van der Waals surface area contributed by atoms with Gasteiger partial charge in [-0.15, -0.1) is 0 Å². The van der Waals surface area contributed by atoms with Gasteiger partial charge in [0.1, 0.15) is 5.69 Å². The summed E-state index contributed by atoms with van der Waals surface area (Å²) >= 11 is 0. The fraction of sp³-hybridized carbons (Fsp3) is 0.385. The number of carbonyl (C=O) groups excluding carboxylic acids is 2. The number of nitrogens with zero attached hydrogens (tertiary/aromatic N) is 1. The van der Waals surface area contributed by atoms with Crippen LogP contribution in [0.4, 0.5) is 11.4 Å². The molecule has 0 spiro atoms. The van der Waals surface area contributed by atoms with Gasteiger partial charge in [0.2, 0.25) is 5.91 Å². The van der Waals surface area contributed by atoms with Gasteiger partial charge in [-0.2, -0.15) is 0 Å². The molecule has 8 heteroatoms. The van der Waals surface area contributed by atoms with Crippen LogP contribution < -0.4 is 16.4 Å². The largest absolute Gasteiger partial charge is 0.393 e. The standard InChI is InChI=1S/C13H18N4O4/c1-8(2)16-11(18)6-7-15-13(19)9-4-3-5-10(12(9)14)17(20)21/h3-5,8H,6-7,14H2,1-2H3,(H,15,19)(H,16,18). The molecule has 4 N–H and O–H groups in total. The van der Waals surface area contributed by atoms with Crippen molar-refractivity contribution in [2.24, 2.45) is 0 Å². The molecule has 1 aromatic rings. The van der Waals surface area contributed by atoms with Crippen LogP contribution in [0.15, 0.2) is 18.2 Å². The Balaban J connectivity index is 2.63. The highest BCUT2D eigenvalue weighted by atomic mass is 16.6. The van der Waals surface area contributed by atoms with Crippen LogP contribution in [0.1, 0.15) is 30.6 Å². The lowest BCUT2D eigenvalue weighted by molar-refractivity contribution is -0.383. The zero-order chi connectivity index (χ0) is 16.0. The third-order valence-corrected chi connectivity index (χ3v) is 2.61. The summed E-state index contributed by atoms with van der Waals surface area (Å²) in [5, 5.41) is 15.9. The quantitative estimate of drug-likeness (QED) is 0.406. The van der Waals surface area contributed by atoms with Crippen molar-refractivity contribution in [2.45, 2.75) is 26.3 Å². The predicted octanol–water partition coefficient (Wildman–Crippen LogP) is 0.821. The van der Waals surface area contributed by atoms with Gasteiger partial charge in [0.25, 0.3) is 11.6 Å². The van der Waals surface area contributed by atoms with Crippen LogP contribution in [-0.2, 0) is 4.79 Å². The molecule has 0 fully saturated rings. The number of benzene rings is 1. The van der Waals surface area contributed by atoms with Crippen molar-refractivity contribution in [1.82, 2.24) is 10.6 Å². The van der Waals surface area contributed by atoms with Crippen molar-refractivity contribution >= 4 is 23.2 Å². The molecule has 1 aromatic carbocycles. The topological polar surface area (TPSA) is 127 Å². The highest BCUT2D eigenvalue weighted by Gasteiger charge is 2.18. The number of nitro benzene ring substituents is 1. The van der Waals surface area contributed by atoms with Crippen LogP contribution in [0.3, 0.4) is 0 Å². The van der Waals surface area contributed by atoms with Crippen molar-refractivity contribution in [3.05, 3.63) is 33.9 Å². The number of anilines is 1. The molecule has 0 saturated heterocycles. The lowest BCUT2D eigenvalue weighted by Crippen LogP contribution is -2.34. The molecule has 1 rings (SSSR count). The van der Waals surface area contributed by atoms with E-state index in [1.54, 1.807) is 0 Å². The molecule has 0 aliphatic carbocycles. The van der Waals surface area contributed by atoms with E-state index in [-0.39, 0.29) is 41.9 Å². The minimum atomic E-state index is -0.651. The van der Waals surface area contributed by atoms with E-state index in [4.69, 9.17) is 5.73 Å². The van der Waals surface area contributed by atoms with Gasteiger partial charge in [-0.3, -0.25) is 19.7 Å². The monoisotopic (exact) mass is 294 g/mol. The van der Waals surface area contributed by atoms with Gasteiger partial charge in [-0.05, 0) is 19.9 Å². The second-order valence-corrected chi connectivity index (χ2v) is 4.72. The van der Waals surface area contributed by atoms with Gasteiger partial charge >= 0.3 is 0 Å². The molecule has 0 atom stereocenters.